The van der Waals surface area contributed by atoms with Crippen LogP contribution in [0.25, 0.3) is 0 Å². The van der Waals surface area contributed by atoms with Gasteiger partial charge in [0.15, 0.2) is 0 Å². The molecule has 0 spiro atoms. The molecule has 0 heterocycles. The molecule has 1 amide bonds. The Labute approximate surface area is 297 Å². The molecule has 0 aliphatic heterocycles. The second kappa shape index (κ2) is 36.6. The van der Waals surface area contributed by atoms with Crippen molar-refractivity contribution in [2.24, 2.45) is 5.73 Å². The molecule has 0 radical (unpaired) electrons. The van der Waals surface area contributed by atoms with E-state index in [9.17, 15) is 19.5 Å². The van der Waals surface area contributed by atoms with Gasteiger partial charge in [-0.05, 0) is 38.6 Å². The topological polar surface area (TPSA) is 119 Å². The number of aliphatic carboxylic acids is 1. The van der Waals surface area contributed by atoms with Crippen LogP contribution in [0.3, 0.4) is 0 Å². The van der Waals surface area contributed by atoms with E-state index in [2.05, 4.69) is 19.2 Å². The fourth-order valence-electron chi connectivity index (χ4n) is 6.52. The van der Waals surface area contributed by atoms with Gasteiger partial charge in [0.1, 0.15) is 12.1 Å². The van der Waals surface area contributed by atoms with Gasteiger partial charge in [-0.1, -0.05) is 181 Å². The Bertz CT molecular complexity index is 732. The van der Waals surface area contributed by atoms with E-state index in [1.807, 2.05) is 0 Å². The van der Waals surface area contributed by atoms with Crippen LogP contribution in [0, 0.1) is 0 Å². The number of hydrogen-bond acceptors (Lipinski definition) is 5. The molecule has 0 saturated heterocycles. The summed E-state index contributed by atoms with van der Waals surface area (Å²) in [4.78, 5) is 37.1. The first-order chi connectivity index (χ1) is 23.4. The molecule has 7 nitrogen and oxygen atoms in total. The zero-order valence-electron chi connectivity index (χ0n) is 31.9. The van der Waals surface area contributed by atoms with Gasteiger partial charge in [0.2, 0.25) is 5.91 Å². The second-order valence-electron chi connectivity index (χ2n) is 14.4. The van der Waals surface area contributed by atoms with E-state index < -0.39 is 18.1 Å². The van der Waals surface area contributed by atoms with Crippen LogP contribution < -0.4 is 11.1 Å². The molecule has 0 saturated carbocycles. The maximum atomic E-state index is 12.8. The third-order valence-electron chi connectivity index (χ3n) is 9.66. The van der Waals surface area contributed by atoms with Gasteiger partial charge in [-0.15, -0.1) is 0 Å². The van der Waals surface area contributed by atoms with E-state index in [0.717, 1.165) is 38.5 Å². The second-order valence-corrected chi connectivity index (χ2v) is 14.4. The molecule has 284 valence electrons. The Hall–Kier alpha value is -1.63. The number of carboxylic acids is 1. The van der Waals surface area contributed by atoms with E-state index in [1.54, 1.807) is 0 Å². The smallest absolute Gasteiger partial charge is 0.326 e. The summed E-state index contributed by atoms with van der Waals surface area (Å²) in [7, 11) is 0. The summed E-state index contributed by atoms with van der Waals surface area (Å²) in [5.41, 5.74) is 5.54. The van der Waals surface area contributed by atoms with Crippen molar-refractivity contribution in [3.05, 3.63) is 0 Å². The molecule has 0 aliphatic rings. The lowest BCUT2D eigenvalue weighted by atomic mass is 10.0. The van der Waals surface area contributed by atoms with Crippen LogP contribution in [0.5, 0.6) is 0 Å². The van der Waals surface area contributed by atoms with Gasteiger partial charge in [-0.2, -0.15) is 0 Å². The molecule has 0 aliphatic carbocycles. The summed E-state index contributed by atoms with van der Waals surface area (Å²) in [6, 6.07) is -0.964. The van der Waals surface area contributed by atoms with E-state index in [1.165, 1.54) is 141 Å². The summed E-state index contributed by atoms with van der Waals surface area (Å²) < 4.78 is 5.80. The van der Waals surface area contributed by atoms with Crippen molar-refractivity contribution in [2.75, 3.05) is 6.54 Å². The zero-order chi connectivity index (χ0) is 35.3. The lowest BCUT2D eigenvalue weighted by molar-refractivity contribution is -0.151. The van der Waals surface area contributed by atoms with Gasteiger partial charge in [-0.25, -0.2) is 4.79 Å². The van der Waals surface area contributed by atoms with E-state index in [4.69, 9.17) is 10.5 Å². The van der Waals surface area contributed by atoms with Gasteiger partial charge in [0.25, 0.3) is 0 Å². The van der Waals surface area contributed by atoms with Crippen molar-refractivity contribution in [3.8, 4) is 0 Å². The highest BCUT2D eigenvalue weighted by molar-refractivity contribution is 5.84. The predicted octanol–water partition coefficient (Wildman–Crippen LogP) is 11.3. The number of hydrogen-bond donors (Lipinski definition) is 3. The number of ether oxygens (including phenoxy) is 1. The standard InChI is InChI=1S/C41H80N2O5/c1-3-5-7-9-11-13-15-17-18-20-22-24-26-28-30-34-40(45)48-37(36-39(44)43-38(41(46)47)33-31-35-42)32-29-27-25-23-21-19-16-14-12-10-8-6-4-2/h37-38H,3-36,42H2,1-2H3,(H,43,44)(H,46,47)/t37?,38-/m0/s1. The largest absolute Gasteiger partial charge is 0.480 e. The first kappa shape index (κ1) is 46.4. The van der Waals surface area contributed by atoms with Crippen LogP contribution in [0.1, 0.15) is 226 Å². The normalized spacial score (nSPS) is 12.6. The van der Waals surface area contributed by atoms with Gasteiger partial charge in [0, 0.05) is 6.42 Å². The molecule has 0 aromatic heterocycles. The first-order valence-electron chi connectivity index (χ1n) is 20.9. The third kappa shape index (κ3) is 32.9. The lowest BCUT2D eigenvalue weighted by Crippen LogP contribution is -2.42. The predicted molar refractivity (Wildman–Crippen MR) is 202 cm³/mol. The number of carbonyl (C=O) groups is 3. The molecule has 0 aromatic rings. The summed E-state index contributed by atoms with van der Waals surface area (Å²) in [5.74, 6) is -1.68. The van der Waals surface area contributed by atoms with Gasteiger partial charge in [-0.3, -0.25) is 9.59 Å². The van der Waals surface area contributed by atoms with Crippen molar-refractivity contribution < 1.29 is 24.2 Å². The molecule has 2 atom stereocenters. The van der Waals surface area contributed by atoms with Crippen LogP contribution in [0.2, 0.25) is 0 Å². The Morgan fingerprint density at radius 1 is 0.542 bits per heavy atom. The van der Waals surface area contributed by atoms with Crippen molar-refractivity contribution in [2.45, 2.75) is 238 Å². The van der Waals surface area contributed by atoms with Crippen molar-refractivity contribution >= 4 is 17.8 Å². The number of nitrogens with one attached hydrogen (secondary N) is 1. The molecule has 7 heteroatoms. The molecule has 0 bridgehead atoms. The average Bonchev–Trinajstić information content (AvgIpc) is 3.06. The third-order valence-corrected chi connectivity index (χ3v) is 9.66. The summed E-state index contributed by atoms with van der Waals surface area (Å²) in [6.45, 7) is 4.90. The van der Waals surface area contributed by atoms with Crippen LogP contribution in [0.15, 0.2) is 0 Å². The highest BCUT2D eigenvalue weighted by Crippen LogP contribution is 2.18. The molecule has 48 heavy (non-hydrogen) atoms. The van der Waals surface area contributed by atoms with Gasteiger partial charge in [0.05, 0.1) is 6.42 Å². The molecular formula is C41H80N2O5. The zero-order valence-corrected chi connectivity index (χ0v) is 31.9. The Kier molecular flexibility index (Phi) is 35.4. The fraction of sp³-hybridized carbons (Fsp3) is 0.927. The maximum Gasteiger partial charge on any atom is 0.326 e. The molecule has 4 N–H and O–H groups in total. The number of unbranched alkanes of at least 4 members (excludes halogenated alkanes) is 26. The maximum absolute atomic E-state index is 12.8. The summed E-state index contributed by atoms with van der Waals surface area (Å²) in [6.07, 6.45) is 36.9. The Morgan fingerprint density at radius 2 is 0.917 bits per heavy atom. The number of amides is 1. The van der Waals surface area contributed by atoms with Crippen molar-refractivity contribution in [1.82, 2.24) is 5.32 Å². The first-order valence-corrected chi connectivity index (χ1v) is 20.9. The minimum atomic E-state index is -1.06. The number of carboxylic acid groups (broad SMARTS) is 1. The van der Waals surface area contributed by atoms with Crippen molar-refractivity contribution in [3.63, 3.8) is 0 Å². The number of esters is 1. The van der Waals surface area contributed by atoms with Gasteiger partial charge >= 0.3 is 11.9 Å². The Balaban J connectivity index is 4.28. The summed E-state index contributed by atoms with van der Waals surface area (Å²) in [5, 5.41) is 12.1. The number of carbonyl (C=O) groups excluding carboxylic acids is 2. The highest BCUT2D eigenvalue weighted by atomic mass is 16.5. The fourth-order valence-corrected chi connectivity index (χ4v) is 6.52. The number of rotatable bonds is 38. The minimum absolute atomic E-state index is 0.00918. The minimum Gasteiger partial charge on any atom is -0.480 e. The molecule has 0 fully saturated rings. The SMILES string of the molecule is CCCCCCCCCCCCCCCCCC(=O)OC(CCCCCCCCCCCCCCC)CC(=O)N[C@@H](CCCN)C(=O)O. The molecule has 0 aromatic carbocycles. The molecule has 1 unspecified atom stereocenters. The monoisotopic (exact) mass is 681 g/mol. The van der Waals surface area contributed by atoms with Gasteiger partial charge < -0.3 is 20.9 Å². The number of nitrogens with two attached hydrogens (primary N) is 1. The van der Waals surface area contributed by atoms with Crippen LogP contribution in [-0.2, 0) is 19.1 Å². The molecule has 0 rings (SSSR count). The lowest BCUT2D eigenvalue weighted by Gasteiger charge is -2.20. The van der Waals surface area contributed by atoms with E-state index >= 15 is 0 Å². The van der Waals surface area contributed by atoms with Crippen LogP contribution in [0.4, 0.5) is 0 Å². The van der Waals surface area contributed by atoms with E-state index in [0.29, 0.717) is 32.2 Å². The van der Waals surface area contributed by atoms with Crippen molar-refractivity contribution in [1.29, 1.82) is 0 Å². The van der Waals surface area contributed by atoms with Crippen LogP contribution in [-0.4, -0.2) is 41.6 Å². The Morgan fingerprint density at radius 3 is 1.29 bits per heavy atom. The molecular weight excluding hydrogens is 600 g/mol. The quantitative estimate of drug-likeness (QED) is 0.0441. The van der Waals surface area contributed by atoms with Crippen LogP contribution >= 0.6 is 0 Å². The summed E-state index contributed by atoms with van der Waals surface area (Å²) >= 11 is 0. The van der Waals surface area contributed by atoms with E-state index in [-0.39, 0.29) is 18.3 Å². The average molecular weight is 681 g/mol. The highest BCUT2D eigenvalue weighted by Gasteiger charge is 2.23.